The van der Waals surface area contributed by atoms with Crippen LogP contribution in [0.4, 0.5) is 0 Å². The van der Waals surface area contributed by atoms with E-state index in [4.69, 9.17) is 0 Å². The monoisotopic (exact) mass is 276 g/mol. The van der Waals surface area contributed by atoms with Crippen molar-refractivity contribution in [3.8, 4) is 0 Å². The number of hydrogen-bond acceptors (Lipinski definition) is 2. The number of nitrogens with zero attached hydrogens (tertiary/aromatic N) is 1. The fourth-order valence-electron chi connectivity index (χ4n) is 4.88. The van der Waals surface area contributed by atoms with E-state index in [0.717, 1.165) is 29.8 Å². The van der Waals surface area contributed by atoms with Crippen LogP contribution in [0.5, 0.6) is 0 Å². The molecule has 0 aromatic rings. The van der Waals surface area contributed by atoms with Crippen molar-refractivity contribution in [1.29, 1.82) is 0 Å². The molecule has 4 rings (SSSR count). The van der Waals surface area contributed by atoms with Gasteiger partial charge in [0.1, 0.15) is 0 Å². The van der Waals surface area contributed by atoms with E-state index in [0.29, 0.717) is 0 Å². The third-order valence-electron chi connectivity index (χ3n) is 6.33. The number of nitrogens with one attached hydrogen (secondary N) is 1. The molecule has 1 N–H and O–H groups in total. The van der Waals surface area contributed by atoms with Gasteiger partial charge in [0.2, 0.25) is 0 Å². The maximum Gasteiger partial charge on any atom is 0.0101 e. The predicted molar refractivity (Wildman–Crippen MR) is 83.8 cm³/mol. The second kappa shape index (κ2) is 5.96. The Morgan fingerprint density at radius 2 is 1.70 bits per heavy atom. The van der Waals surface area contributed by atoms with Crippen molar-refractivity contribution < 1.29 is 0 Å². The molecule has 0 amide bonds. The second-order valence-electron chi connectivity index (χ2n) is 8.06. The molecule has 0 bridgehead atoms. The quantitative estimate of drug-likeness (QED) is 0.828. The molecule has 0 spiro atoms. The summed E-state index contributed by atoms with van der Waals surface area (Å²) in [6.07, 6.45) is 15.0. The number of hydrogen-bond donors (Lipinski definition) is 1. The largest absolute Gasteiger partial charge is 0.316 e. The SMILES string of the molecule is C1CNCC(CN(C2CC2)C2CCCC(C3CC3)C2)C1. The topological polar surface area (TPSA) is 15.3 Å². The first-order valence-electron chi connectivity index (χ1n) is 9.36. The van der Waals surface area contributed by atoms with E-state index in [9.17, 15) is 0 Å². The summed E-state index contributed by atoms with van der Waals surface area (Å²) in [5.41, 5.74) is 0. The van der Waals surface area contributed by atoms with Gasteiger partial charge >= 0.3 is 0 Å². The molecule has 1 aliphatic heterocycles. The molecule has 114 valence electrons. The molecule has 20 heavy (non-hydrogen) atoms. The number of piperidine rings is 1. The van der Waals surface area contributed by atoms with Crippen molar-refractivity contribution in [3.05, 3.63) is 0 Å². The molecule has 1 saturated heterocycles. The summed E-state index contributed by atoms with van der Waals surface area (Å²) in [6, 6.07) is 1.92. The number of rotatable bonds is 5. The van der Waals surface area contributed by atoms with Crippen molar-refractivity contribution in [2.75, 3.05) is 19.6 Å². The zero-order chi connectivity index (χ0) is 13.4. The van der Waals surface area contributed by atoms with Crippen LogP contribution < -0.4 is 5.32 Å². The Bertz CT molecular complexity index is 315. The molecular formula is C18H32N2. The van der Waals surface area contributed by atoms with Crippen LogP contribution in [-0.2, 0) is 0 Å². The lowest BCUT2D eigenvalue weighted by molar-refractivity contribution is 0.0921. The molecule has 3 aliphatic carbocycles. The van der Waals surface area contributed by atoms with Crippen LogP contribution in [0, 0.1) is 17.8 Å². The highest BCUT2D eigenvalue weighted by molar-refractivity contribution is 4.95. The average molecular weight is 276 g/mol. The first-order valence-corrected chi connectivity index (χ1v) is 9.36. The Morgan fingerprint density at radius 3 is 2.40 bits per heavy atom. The molecule has 3 atom stereocenters. The minimum atomic E-state index is 0.936. The van der Waals surface area contributed by atoms with E-state index >= 15 is 0 Å². The maximum absolute atomic E-state index is 3.61. The highest BCUT2D eigenvalue weighted by Crippen LogP contribution is 2.46. The Hall–Kier alpha value is -0.0800. The third-order valence-corrected chi connectivity index (χ3v) is 6.33. The molecule has 3 unspecified atom stereocenters. The zero-order valence-corrected chi connectivity index (χ0v) is 13.0. The summed E-state index contributed by atoms with van der Waals surface area (Å²) < 4.78 is 0. The van der Waals surface area contributed by atoms with Gasteiger partial charge in [-0.25, -0.2) is 0 Å². The van der Waals surface area contributed by atoms with Crippen LogP contribution >= 0.6 is 0 Å². The Kier molecular flexibility index (Phi) is 4.05. The highest BCUT2D eigenvalue weighted by atomic mass is 15.2. The van der Waals surface area contributed by atoms with E-state index in [1.807, 2.05) is 0 Å². The van der Waals surface area contributed by atoms with E-state index in [-0.39, 0.29) is 0 Å². The predicted octanol–water partition coefficient (Wildman–Crippen LogP) is 3.42. The lowest BCUT2D eigenvalue weighted by Crippen LogP contribution is -2.46. The van der Waals surface area contributed by atoms with Gasteiger partial charge in [-0.05, 0) is 82.2 Å². The van der Waals surface area contributed by atoms with Crippen LogP contribution in [0.1, 0.15) is 64.2 Å². The molecule has 2 heteroatoms. The minimum Gasteiger partial charge on any atom is -0.316 e. The van der Waals surface area contributed by atoms with Gasteiger partial charge in [0.15, 0.2) is 0 Å². The molecule has 0 radical (unpaired) electrons. The standard InChI is InChI=1S/C18H32N2/c1-4-16(15-6-7-15)11-18(5-1)20(17-8-9-17)13-14-3-2-10-19-12-14/h14-19H,1-13H2. The van der Waals surface area contributed by atoms with E-state index in [1.165, 1.54) is 58.2 Å². The zero-order valence-electron chi connectivity index (χ0n) is 13.0. The highest BCUT2D eigenvalue weighted by Gasteiger charge is 2.40. The Labute approximate surface area is 124 Å². The first-order chi connectivity index (χ1) is 9.90. The molecule has 1 heterocycles. The minimum absolute atomic E-state index is 0.936. The van der Waals surface area contributed by atoms with Gasteiger partial charge in [-0.3, -0.25) is 4.90 Å². The van der Waals surface area contributed by atoms with Crippen LogP contribution in [0.3, 0.4) is 0 Å². The van der Waals surface area contributed by atoms with Crippen molar-refractivity contribution in [1.82, 2.24) is 10.2 Å². The van der Waals surface area contributed by atoms with Crippen LogP contribution in [-0.4, -0.2) is 36.6 Å². The van der Waals surface area contributed by atoms with Gasteiger partial charge in [-0.2, -0.15) is 0 Å². The molecule has 0 aromatic carbocycles. The van der Waals surface area contributed by atoms with Gasteiger partial charge in [-0.1, -0.05) is 12.8 Å². The molecule has 4 aliphatic rings. The van der Waals surface area contributed by atoms with Crippen LogP contribution in [0.2, 0.25) is 0 Å². The van der Waals surface area contributed by atoms with Crippen molar-refractivity contribution in [2.24, 2.45) is 17.8 Å². The summed E-state index contributed by atoms with van der Waals surface area (Å²) in [5, 5.41) is 3.61. The summed E-state index contributed by atoms with van der Waals surface area (Å²) >= 11 is 0. The van der Waals surface area contributed by atoms with Gasteiger partial charge in [0.05, 0.1) is 0 Å². The maximum atomic E-state index is 3.61. The van der Waals surface area contributed by atoms with Crippen molar-refractivity contribution in [3.63, 3.8) is 0 Å². The van der Waals surface area contributed by atoms with E-state index in [2.05, 4.69) is 10.2 Å². The third kappa shape index (κ3) is 3.22. The van der Waals surface area contributed by atoms with Crippen molar-refractivity contribution >= 4 is 0 Å². The van der Waals surface area contributed by atoms with Crippen LogP contribution in [0.25, 0.3) is 0 Å². The normalized spacial score (nSPS) is 39.1. The van der Waals surface area contributed by atoms with Crippen LogP contribution in [0.15, 0.2) is 0 Å². The van der Waals surface area contributed by atoms with Crippen molar-refractivity contribution in [2.45, 2.75) is 76.3 Å². The summed E-state index contributed by atoms with van der Waals surface area (Å²) in [5.74, 6) is 3.17. The fraction of sp³-hybridized carbons (Fsp3) is 1.00. The van der Waals surface area contributed by atoms with Gasteiger partial charge in [-0.15, -0.1) is 0 Å². The smallest absolute Gasteiger partial charge is 0.0101 e. The summed E-state index contributed by atoms with van der Waals surface area (Å²) in [4.78, 5) is 2.98. The molecule has 0 aromatic heterocycles. The summed E-state index contributed by atoms with van der Waals surface area (Å²) in [6.45, 7) is 3.94. The second-order valence-corrected chi connectivity index (χ2v) is 8.06. The average Bonchev–Trinajstić information content (AvgIpc) is 3.39. The van der Waals surface area contributed by atoms with E-state index in [1.54, 1.807) is 25.7 Å². The fourth-order valence-corrected chi connectivity index (χ4v) is 4.88. The van der Waals surface area contributed by atoms with Gasteiger partial charge in [0, 0.05) is 18.6 Å². The molecule has 3 saturated carbocycles. The molecule has 2 nitrogen and oxygen atoms in total. The first kappa shape index (κ1) is 13.6. The lowest BCUT2D eigenvalue weighted by atomic mass is 9.81. The van der Waals surface area contributed by atoms with Gasteiger partial charge < -0.3 is 5.32 Å². The molecular weight excluding hydrogens is 244 g/mol. The lowest BCUT2D eigenvalue weighted by Gasteiger charge is -2.40. The molecule has 4 fully saturated rings. The Balaban J connectivity index is 1.36. The van der Waals surface area contributed by atoms with Gasteiger partial charge in [0.25, 0.3) is 0 Å². The summed E-state index contributed by atoms with van der Waals surface area (Å²) in [7, 11) is 0. The Morgan fingerprint density at radius 1 is 0.800 bits per heavy atom. The van der Waals surface area contributed by atoms with E-state index < -0.39 is 0 Å².